The maximum Gasteiger partial charge on any atom is 0.488 e. The van der Waals surface area contributed by atoms with Crippen molar-refractivity contribution in [3.63, 3.8) is 0 Å². The maximum absolute atomic E-state index is 11.3. The summed E-state index contributed by atoms with van der Waals surface area (Å²) in [5.41, 5.74) is 0.956. The standard InChI is InChI=1S/C12H9BN4O5/c18-13(19)7-2-1-3-8(6-7)14-10-5-4-9-11(16-22-15-9)12(10)17(20)21/h1-6,14,18-19H. The molecule has 0 atom stereocenters. The zero-order valence-electron chi connectivity index (χ0n) is 11.0. The molecule has 3 rings (SSSR count). The Morgan fingerprint density at radius 1 is 1.23 bits per heavy atom. The fourth-order valence-electron chi connectivity index (χ4n) is 2.06. The average molecular weight is 300 g/mol. The van der Waals surface area contributed by atoms with Crippen LogP contribution < -0.4 is 10.8 Å². The number of hydrogen-bond donors (Lipinski definition) is 3. The Balaban J connectivity index is 2.05. The van der Waals surface area contributed by atoms with E-state index in [1.807, 2.05) is 0 Å². The highest BCUT2D eigenvalue weighted by atomic mass is 16.6. The Kier molecular flexibility index (Phi) is 3.45. The number of nitrogens with one attached hydrogen (secondary N) is 1. The number of anilines is 2. The molecule has 0 aliphatic carbocycles. The third kappa shape index (κ3) is 2.48. The predicted molar refractivity (Wildman–Crippen MR) is 78.0 cm³/mol. The first-order chi connectivity index (χ1) is 10.6. The zero-order chi connectivity index (χ0) is 15.7. The highest BCUT2D eigenvalue weighted by Crippen LogP contribution is 2.33. The fourth-order valence-corrected chi connectivity index (χ4v) is 2.06. The molecule has 1 aromatic heterocycles. The van der Waals surface area contributed by atoms with E-state index >= 15 is 0 Å². The van der Waals surface area contributed by atoms with Crippen molar-refractivity contribution in [2.75, 3.05) is 5.32 Å². The fraction of sp³-hybridized carbons (Fsp3) is 0. The van der Waals surface area contributed by atoms with Crippen molar-refractivity contribution in [1.82, 2.24) is 10.3 Å². The van der Waals surface area contributed by atoms with E-state index in [1.54, 1.807) is 12.1 Å². The van der Waals surface area contributed by atoms with Gasteiger partial charge in [-0.05, 0) is 40.0 Å². The molecule has 0 saturated heterocycles. The van der Waals surface area contributed by atoms with Crippen LogP contribution in [0.5, 0.6) is 0 Å². The molecule has 9 nitrogen and oxygen atoms in total. The summed E-state index contributed by atoms with van der Waals surface area (Å²) in [5.74, 6) is 0. The van der Waals surface area contributed by atoms with E-state index in [-0.39, 0.29) is 27.9 Å². The monoisotopic (exact) mass is 300 g/mol. The quantitative estimate of drug-likeness (QED) is 0.361. The molecule has 3 N–H and O–H groups in total. The summed E-state index contributed by atoms with van der Waals surface area (Å²) >= 11 is 0. The molecule has 0 radical (unpaired) electrons. The second-order valence-electron chi connectivity index (χ2n) is 4.47. The topological polar surface area (TPSA) is 135 Å². The molecule has 0 spiro atoms. The van der Waals surface area contributed by atoms with Gasteiger partial charge in [-0.25, -0.2) is 4.63 Å². The number of nitro groups is 1. The number of aromatic nitrogens is 2. The Morgan fingerprint density at radius 2 is 2.05 bits per heavy atom. The summed E-state index contributed by atoms with van der Waals surface area (Å²) in [6.45, 7) is 0. The lowest BCUT2D eigenvalue weighted by atomic mass is 9.80. The summed E-state index contributed by atoms with van der Waals surface area (Å²) in [6.07, 6.45) is 0. The molecule has 22 heavy (non-hydrogen) atoms. The number of fused-ring (bicyclic) bond motifs is 1. The van der Waals surface area contributed by atoms with Crippen LogP contribution >= 0.6 is 0 Å². The molecule has 0 unspecified atom stereocenters. The lowest BCUT2D eigenvalue weighted by molar-refractivity contribution is -0.382. The Bertz CT molecular complexity index is 850. The van der Waals surface area contributed by atoms with Crippen molar-refractivity contribution < 1.29 is 19.6 Å². The van der Waals surface area contributed by atoms with Gasteiger partial charge in [-0.2, -0.15) is 0 Å². The van der Waals surface area contributed by atoms with Gasteiger partial charge in [0, 0.05) is 5.69 Å². The Labute approximate surface area is 123 Å². The van der Waals surface area contributed by atoms with Crippen LogP contribution in [-0.4, -0.2) is 32.4 Å². The molecule has 1 heterocycles. The van der Waals surface area contributed by atoms with Crippen LogP contribution in [0.1, 0.15) is 0 Å². The molecule has 0 aliphatic rings. The lowest BCUT2D eigenvalue weighted by Gasteiger charge is -2.08. The number of hydrogen-bond acceptors (Lipinski definition) is 8. The summed E-state index contributed by atoms with van der Waals surface area (Å²) in [7, 11) is -1.63. The minimum atomic E-state index is -1.63. The van der Waals surface area contributed by atoms with Gasteiger partial charge in [-0.3, -0.25) is 10.1 Å². The zero-order valence-corrected chi connectivity index (χ0v) is 11.0. The number of benzene rings is 2. The normalized spacial score (nSPS) is 10.6. The minimum Gasteiger partial charge on any atom is -0.423 e. The van der Waals surface area contributed by atoms with Gasteiger partial charge in [0.15, 0.2) is 0 Å². The van der Waals surface area contributed by atoms with Crippen LogP contribution in [-0.2, 0) is 0 Å². The van der Waals surface area contributed by atoms with Gasteiger partial charge in [0.2, 0.25) is 5.52 Å². The molecule has 0 saturated carbocycles. The van der Waals surface area contributed by atoms with Crippen molar-refractivity contribution >= 4 is 40.7 Å². The number of rotatable bonds is 4. The van der Waals surface area contributed by atoms with Crippen LogP contribution in [0.3, 0.4) is 0 Å². The second-order valence-corrected chi connectivity index (χ2v) is 4.47. The molecular weight excluding hydrogens is 291 g/mol. The molecule has 10 heteroatoms. The van der Waals surface area contributed by atoms with Crippen molar-refractivity contribution in [3.8, 4) is 0 Å². The first-order valence-electron chi connectivity index (χ1n) is 6.19. The van der Waals surface area contributed by atoms with Gasteiger partial charge >= 0.3 is 12.8 Å². The smallest absolute Gasteiger partial charge is 0.423 e. The molecule has 0 fully saturated rings. The Morgan fingerprint density at radius 3 is 2.77 bits per heavy atom. The van der Waals surface area contributed by atoms with Gasteiger partial charge in [0.25, 0.3) is 0 Å². The molecule has 2 aromatic carbocycles. The van der Waals surface area contributed by atoms with E-state index in [4.69, 9.17) is 10.0 Å². The maximum atomic E-state index is 11.3. The van der Waals surface area contributed by atoms with Gasteiger partial charge < -0.3 is 15.4 Å². The largest absolute Gasteiger partial charge is 0.488 e. The second kappa shape index (κ2) is 5.43. The SMILES string of the molecule is O=[N+]([O-])c1c(Nc2cccc(B(O)O)c2)ccc2nonc12. The van der Waals surface area contributed by atoms with E-state index in [0.717, 1.165) is 0 Å². The van der Waals surface area contributed by atoms with Crippen molar-refractivity contribution in [1.29, 1.82) is 0 Å². The van der Waals surface area contributed by atoms with Crippen LogP contribution in [0, 0.1) is 10.1 Å². The summed E-state index contributed by atoms with van der Waals surface area (Å²) in [4.78, 5) is 10.7. The predicted octanol–water partition coefficient (Wildman–Crippen LogP) is 0.554. The first-order valence-corrected chi connectivity index (χ1v) is 6.19. The number of nitro benzene ring substituents is 1. The van der Waals surface area contributed by atoms with Gasteiger partial charge in [0.05, 0.1) is 4.92 Å². The van der Waals surface area contributed by atoms with Crippen LogP contribution in [0.2, 0.25) is 0 Å². The van der Waals surface area contributed by atoms with E-state index in [0.29, 0.717) is 5.69 Å². The molecule has 0 aliphatic heterocycles. The molecule has 0 bridgehead atoms. The molecule has 0 amide bonds. The third-order valence-electron chi connectivity index (χ3n) is 3.05. The summed E-state index contributed by atoms with van der Waals surface area (Å²) < 4.78 is 4.51. The Hall–Kier alpha value is -2.98. The highest BCUT2D eigenvalue weighted by Gasteiger charge is 2.23. The van der Waals surface area contributed by atoms with Gasteiger partial charge in [0.1, 0.15) is 11.2 Å². The van der Waals surface area contributed by atoms with E-state index < -0.39 is 12.0 Å². The van der Waals surface area contributed by atoms with Gasteiger partial charge in [-0.15, -0.1) is 0 Å². The van der Waals surface area contributed by atoms with E-state index in [1.165, 1.54) is 24.3 Å². The van der Waals surface area contributed by atoms with Crippen molar-refractivity contribution in [2.24, 2.45) is 0 Å². The van der Waals surface area contributed by atoms with Crippen molar-refractivity contribution in [3.05, 3.63) is 46.5 Å². The third-order valence-corrected chi connectivity index (χ3v) is 3.05. The minimum absolute atomic E-state index is 0.0355. The lowest BCUT2D eigenvalue weighted by Crippen LogP contribution is -2.29. The first kappa shape index (κ1) is 14.0. The van der Waals surface area contributed by atoms with Crippen molar-refractivity contribution in [2.45, 2.75) is 0 Å². The van der Waals surface area contributed by atoms with E-state index in [9.17, 15) is 10.1 Å². The molecule has 110 valence electrons. The highest BCUT2D eigenvalue weighted by molar-refractivity contribution is 6.58. The van der Waals surface area contributed by atoms with Crippen LogP contribution in [0.25, 0.3) is 11.0 Å². The molecule has 3 aromatic rings. The van der Waals surface area contributed by atoms with E-state index in [2.05, 4.69) is 20.3 Å². The summed E-state index contributed by atoms with van der Waals surface area (Å²) in [6, 6.07) is 9.24. The average Bonchev–Trinajstić information content (AvgIpc) is 2.95. The van der Waals surface area contributed by atoms with Gasteiger partial charge in [-0.1, -0.05) is 12.1 Å². The van der Waals surface area contributed by atoms with Crippen LogP contribution in [0.4, 0.5) is 17.1 Å². The summed E-state index contributed by atoms with van der Waals surface area (Å²) in [5, 5.41) is 39.6. The number of nitrogens with zero attached hydrogens (tertiary/aromatic N) is 3. The van der Waals surface area contributed by atoms with Crippen LogP contribution in [0.15, 0.2) is 41.0 Å². The molecular formula is C12H9BN4O5.